The maximum Gasteiger partial charge on any atom is 0.416 e. The van der Waals surface area contributed by atoms with Crippen molar-refractivity contribution >= 4 is 6.09 Å². The highest BCUT2D eigenvalue weighted by molar-refractivity contribution is 5.69. The predicted octanol–water partition coefficient (Wildman–Crippen LogP) is 5.18. The highest BCUT2D eigenvalue weighted by Crippen LogP contribution is 2.37. The number of benzene rings is 2. The Bertz CT molecular complexity index is 765. The molecule has 1 fully saturated rings. The minimum absolute atomic E-state index is 0.185. The molecule has 3 nitrogen and oxygen atoms in total. The average molecular weight is 349 g/mol. The molecule has 6 heteroatoms. The van der Waals surface area contributed by atoms with Gasteiger partial charge in [0.25, 0.3) is 0 Å². The maximum atomic E-state index is 12.6. The van der Waals surface area contributed by atoms with E-state index in [1.165, 1.54) is 12.1 Å². The van der Waals surface area contributed by atoms with Gasteiger partial charge in [-0.15, -0.1) is 0 Å². The van der Waals surface area contributed by atoms with Crippen molar-refractivity contribution in [1.29, 1.82) is 0 Å². The molecular weight excluding hydrogens is 331 g/mol. The number of hydrogen-bond acceptors (Lipinski definition) is 2. The smallest absolute Gasteiger partial charge is 0.416 e. The first kappa shape index (κ1) is 17.3. The number of nitrogens with one attached hydrogen (secondary N) is 1. The molecule has 0 spiro atoms. The highest BCUT2D eigenvalue weighted by Gasteiger charge is 2.37. The summed E-state index contributed by atoms with van der Waals surface area (Å²) in [5, 5.41) is 2.82. The number of rotatable bonds is 2. The number of alkyl halides is 3. The van der Waals surface area contributed by atoms with Crippen molar-refractivity contribution < 1.29 is 22.7 Å². The fourth-order valence-corrected chi connectivity index (χ4v) is 2.94. The van der Waals surface area contributed by atoms with Crippen LogP contribution in [0.15, 0.2) is 48.5 Å². The molecule has 0 bridgehead atoms. The van der Waals surface area contributed by atoms with E-state index in [1.54, 1.807) is 0 Å². The van der Waals surface area contributed by atoms with Gasteiger partial charge in [-0.25, -0.2) is 4.79 Å². The van der Waals surface area contributed by atoms with Gasteiger partial charge in [0.2, 0.25) is 0 Å². The van der Waals surface area contributed by atoms with E-state index in [-0.39, 0.29) is 11.5 Å². The number of carbonyl (C=O) groups is 1. The molecule has 1 amide bonds. The topological polar surface area (TPSA) is 38.3 Å². The molecule has 1 saturated heterocycles. The van der Waals surface area contributed by atoms with Crippen molar-refractivity contribution in [3.05, 3.63) is 59.7 Å². The van der Waals surface area contributed by atoms with E-state index in [0.717, 1.165) is 23.3 Å². The summed E-state index contributed by atoms with van der Waals surface area (Å²) in [6, 6.07) is 12.3. The third-order valence-electron chi connectivity index (χ3n) is 4.41. The minimum Gasteiger partial charge on any atom is -0.449 e. The molecule has 1 atom stereocenters. The molecule has 2 aromatic carbocycles. The quantitative estimate of drug-likeness (QED) is 0.811. The number of cyclic esters (lactones) is 1. The number of alkyl carbamates (subject to hydrolysis) is 1. The number of amides is 1. The lowest BCUT2D eigenvalue weighted by molar-refractivity contribution is -0.137. The monoisotopic (exact) mass is 349 g/mol. The summed E-state index contributed by atoms with van der Waals surface area (Å²) in [7, 11) is 0. The van der Waals surface area contributed by atoms with Crippen molar-refractivity contribution in [2.24, 2.45) is 5.41 Å². The van der Waals surface area contributed by atoms with Crippen LogP contribution in [0.3, 0.4) is 0 Å². The molecule has 0 aromatic heterocycles. The van der Waals surface area contributed by atoms with Crippen LogP contribution in [0.5, 0.6) is 0 Å². The molecule has 2 aromatic rings. The Balaban J connectivity index is 1.84. The van der Waals surface area contributed by atoms with Gasteiger partial charge in [0.05, 0.1) is 11.6 Å². The largest absolute Gasteiger partial charge is 0.449 e. The van der Waals surface area contributed by atoms with Crippen LogP contribution in [0.1, 0.15) is 31.0 Å². The summed E-state index contributed by atoms with van der Waals surface area (Å²) < 4.78 is 43.0. The zero-order valence-electron chi connectivity index (χ0n) is 13.9. The summed E-state index contributed by atoms with van der Waals surface area (Å²) >= 11 is 0. The molecule has 1 aliphatic rings. The summed E-state index contributed by atoms with van der Waals surface area (Å²) in [6.45, 7) is 4.33. The molecule has 1 heterocycles. The number of halogens is 3. The van der Waals surface area contributed by atoms with E-state index in [2.05, 4.69) is 5.32 Å². The first-order chi connectivity index (χ1) is 11.7. The van der Waals surface area contributed by atoms with Gasteiger partial charge in [0, 0.05) is 5.41 Å². The molecule has 1 aliphatic heterocycles. The van der Waals surface area contributed by atoms with Crippen molar-refractivity contribution in [2.45, 2.75) is 26.1 Å². The van der Waals surface area contributed by atoms with Crippen LogP contribution < -0.4 is 5.32 Å². The zero-order chi connectivity index (χ0) is 18.2. The Kier molecular flexibility index (Phi) is 4.22. The van der Waals surface area contributed by atoms with Crippen LogP contribution in [0.25, 0.3) is 11.1 Å². The van der Waals surface area contributed by atoms with Crippen molar-refractivity contribution in [3.8, 4) is 11.1 Å². The van der Waals surface area contributed by atoms with Crippen LogP contribution in [0, 0.1) is 5.41 Å². The van der Waals surface area contributed by atoms with Gasteiger partial charge < -0.3 is 10.1 Å². The molecule has 132 valence electrons. The number of carbonyl (C=O) groups excluding carboxylic acids is 1. The van der Waals surface area contributed by atoms with Gasteiger partial charge >= 0.3 is 12.3 Å². The van der Waals surface area contributed by atoms with Crippen LogP contribution >= 0.6 is 0 Å². The van der Waals surface area contributed by atoms with E-state index < -0.39 is 17.8 Å². The highest BCUT2D eigenvalue weighted by atomic mass is 19.4. The van der Waals surface area contributed by atoms with E-state index in [4.69, 9.17) is 4.74 Å². The SMILES string of the molecule is CC1(C)COC(=O)N[C@@H]1c1ccc(-c2ccc(C(F)(F)F)cc2)cc1. The predicted molar refractivity (Wildman–Crippen MR) is 87.9 cm³/mol. The van der Waals surface area contributed by atoms with Crippen LogP contribution in [0.2, 0.25) is 0 Å². The molecule has 0 radical (unpaired) electrons. The Morgan fingerprint density at radius 1 is 1.00 bits per heavy atom. The van der Waals surface area contributed by atoms with Crippen molar-refractivity contribution in [2.75, 3.05) is 6.61 Å². The van der Waals surface area contributed by atoms with Gasteiger partial charge in [-0.05, 0) is 28.8 Å². The summed E-state index contributed by atoms with van der Waals surface area (Å²) in [4.78, 5) is 11.5. The molecular formula is C19H18F3NO2. The number of hydrogen-bond donors (Lipinski definition) is 1. The van der Waals surface area contributed by atoms with Crippen LogP contribution in [-0.4, -0.2) is 12.7 Å². The zero-order valence-corrected chi connectivity index (χ0v) is 13.9. The first-order valence-corrected chi connectivity index (χ1v) is 7.88. The summed E-state index contributed by atoms with van der Waals surface area (Å²) in [5.41, 5.74) is 1.52. The second kappa shape index (κ2) is 6.10. The molecule has 0 aliphatic carbocycles. The Hall–Kier alpha value is -2.50. The maximum absolute atomic E-state index is 12.6. The molecule has 0 saturated carbocycles. The molecule has 1 N–H and O–H groups in total. The second-order valence-corrected chi connectivity index (χ2v) is 6.84. The minimum atomic E-state index is -4.34. The lowest BCUT2D eigenvalue weighted by atomic mass is 9.80. The lowest BCUT2D eigenvalue weighted by Gasteiger charge is -2.38. The fraction of sp³-hybridized carbons (Fsp3) is 0.316. The number of ether oxygens (including phenoxy) is 1. The normalized spacial score (nSPS) is 19.9. The van der Waals surface area contributed by atoms with E-state index in [1.807, 2.05) is 38.1 Å². The van der Waals surface area contributed by atoms with E-state index in [9.17, 15) is 18.0 Å². The average Bonchev–Trinajstić information content (AvgIpc) is 2.57. The second-order valence-electron chi connectivity index (χ2n) is 6.84. The van der Waals surface area contributed by atoms with Gasteiger partial charge in [0.1, 0.15) is 6.61 Å². The third kappa shape index (κ3) is 3.62. The summed E-state index contributed by atoms with van der Waals surface area (Å²) in [6.07, 6.45) is -4.79. The third-order valence-corrected chi connectivity index (χ3v) is 4.41. The van der Waals surface area contributed by atoms with Gasteiger partial charge in [-0.1, -0.05) is 50.2 Å². The van der Waals surface area contributed by atoms with Gasteiger partial charge in [0.15, 0.2) is 0 Å². The van der Waals surface area contributed by atoms with E-state index >= 15 is 0 Å². The first-order valence-electron chi connectivity index (χ1n) is 7.88. The van der Waals surface area contributed by atoms with Gasteiger partial charge in [-0.2, -0.15) is 13.2 Å². The van der Waals surface area contributed by atoms with Crippen LogP contribution in [0.4, 0.5) is 18.0 Å². The standard InChI is InChI=1S/C19H18F3NO2/c1-18(2)11-25-17(24)23-16(18)14-5-3-12(4-6-14)13-7-9-15(10-8-13)19(20,21)22/h3-10,16H,11H2,1-2H3,(H,23,24)/t16-/m1/s1. The molecule has 25 heavy (non-hydrogen) atoms. The summed E-state index contributed by atoms with van der Waals surface area (Å²) in [5.74, 6) is 0. The van der Waals surface area contributed by atoms with E-state index in [0.29, 0.717) is 12.2 Å². The fourth-order valence-electron chi connectivity index (χ4n) is 2.94. The van der Waals surface area contributed by atoms with Crippen molar-refractivity contribution in [3.63, 3.8) is 0 Å². The van der Waals surface area contributed by atoms with Crippen LogP contribution in [-0.2, 0) is 10.9 Å². The lowest BCUT2D eigenvalue weighted by Crippen LogP contribution is -2.46. The van der Waals surface area contributed by atoms with Gasteiger partial charge in [-0.3, -0.25) is 0 Å². The molecule has 3 rings (SSSR count). The Labute approximate surface area is 143 Å². The molecule has 0 unspecified atom stereocenters. The Morgan fingerprint density at radius 2 is 1.52 bits per heavy atom. The Morgan fingerprint density at radius 3 is 2.04 bits per heavy atom. The van der Waals surface area contributed by atoms with Crippen molar-refractivity contribution in [1.82, 2.24) is 5.32 Å².